The number of carboxylic acid groups (broad SMARTS) is 1. The van der Waals surface area contributed by atoms with Crippen molar-refractivity contribution in [3.8, 4) is 0 Å². The van der Waals surface area contributed by atoms with Crippen LogP contribution in [0.1, 0.15) is 50.8 Å². The molecule has 22 heavy (non-hydrogen) atoms. The number of benzene rings is 2. The SMILES string of the molecule is O=C(O)c1ccccc1C(=O)O[C@@H]1CCCc2ccccc21. The number of aryl methyl sites for hydroxylation is 1. The number of carboxylic acids is 1. The Labute approximate surface area is 128 Å². The average Bonchev–Trinajstić information content (AvgIpc) is 2.55. The van der Waals surface area contributed by atoms with Gasteiger partial charge in [-0.05, 0) is 42.5 Å². The number of hydrogen-bond donors (Lipinski definition) is 1. The Bertz CT molecular complexity index is 721. The fourth-order valence-corrected chi connectivity index (χ4v) is 2.87. The van der Waals surface area contributed by atoms with Crippen LogP contribution in [0.15, 0.2) is 48.5 Å². The highest BCUT2D eigenvalue weighted by atomic mass is 16.5. The third-order valence-electron chi connectivity index (χ3n) is 3.94. The largest absolute Gasteiger partial charge is 0.478 e. The van der Waals surface area contributed by atoms with Gasteiger partial charge >= 0.3 is 11.9 Å². The van der Waals surface area contributed by atoms with Gasteiger partial charge in [0.05, 0.1) is 11.1 Å². The maximum Gasteiger partial charge on any atom is 0.339 e. The van der Waals surface area contributed by atoms with Gasteiger partial charge in [0.25, 0.3) is 0 Å². The van der Waals surface area contributed by atoms with Gasteiger partial charge in [0, 0.05) is 0 Å². The van der Waals surface area contributed by atoms with Gasteiger partial charge in [-0.3, -0.25) is 0 Å². The lowest BCUT2D eigenvalue weighted by Crippen LogP contribution is -2.18. The van der Waals surface area contributed by atoms with E-state index in [1.807, 2.05) is 24.3 Å². The molecule has 0 amide bonds. The smallest absolute Gasteiger partial charge is 0.339 e. The number of rotatable bonds is 3. The van der Waals surface area contributed by atoms with Crippen molar-refractivity contribution < 1.29 is 19.4 Å². The summed E-state index contributed by atoms with van der Waals surface area (Å²) in [5, 5.41) is 9.17. The number of carbonyl (C=O) groups excluding carboxylic acids is 1. The van der Waals surface area contributed by atoms with Crippen molar-refractivity contribution in [1.29, 1.82) is 0 Å². The third-order valence-corrected chi connectivity index (χ3v) is 3.94. The van der Waals surface area contributed by atoms with Crippen LogP contribution in [0.4, 0.5) is 0 Å². The molecule has 0 saturated carbocycles. The Balaban J connectivity index is 1.86. The summed E-state index contributed by atoms with van der Waals surface area (Å²) in [5.74, 6) is -1.71. The molecule has 0 saturated heterocycles. The minimum absolute atomic E-state index is 0.0309. The molecular formula is C18H16O4. The molecule has 0 radical (unpaired) electrons. The number of hydrogen-bond acceptors (Lipinski definition) is 3. The lowest BCUT2D eigenvalue weighted by atomic mass is 9.89. The quantitative estimate of drug-likeness (QED) is 0.879. The van der Waals surface area contributed by atoms with Gasteiger partial charge in [0.1, 0.15) is 6.10 Å². The Morgan fingerprint density at radius 3 is 2.45 bits per heavy atom. The molecular weight excluding hydrogens is 280 g/mol. The highest BCUT2D eigenvalue weighted by Gasteiger charge is 2.25. The van der Waals surface area contributed by atoms with Crippen LogP contribution in [0.5, 0.6) is 0 Å². The molecule has 4 nitrogen and oxygen atoms in total. The van der Waals surface area contributed by atoms with Crippen LogP contribution in [0.2, 0.25) is 0 Å². The predicted octanol–water partition coefficient (Wildman–Crippen LogP) is 3.62. The van der Waals surface area contributed by atoms with Crippen molar-refractivity contribution in [3.63, 3.8) is 0 Å². The molecule has 0 aliphatic heterocycles. The molecule has 4 heteroatoms. The predicted molar refractivity (Wildman–Crippen MR) is 80.9 cm³/mol. The Morgan fingerprint density at radius 1 is 1.00 bits per heavy atom. The fourth-order valence-electron chi connectivity index (χ4n) is 2.87. The van der Waals surface area contributed by atoms with Crippen LogP contribution in [-0.4, -0.2) is 17.0 Å². The first kappa shape index (κ1) is 14.3. The van der Waals surface area contributed by atoms with Crippen LogP contribution in [0.3, 0.4) is 0 Å². The minimum atomic E-state index is -1.13. The van der Waals surface area contributed by atoms with E-state index in [0.717, 1.165) is 24.8 Å². The van der Waals surface area contributed by atoms with Gasteiger partial charge in [0.2, 0.25) is 0 Å². The Hall–Kier alpha value is -2.62. The molecule has 3 rings (SSSR count). The first-order valence-corrected chi connectivity index (χ1v) is 7.28. The van der Waals surface area contributed by atoms with E-state index in [2.05, 4.69) is 0 Å². The highest BCUT2D eigenvalue weighted by molar-refractivity contribution is 6.02. The minimum Gasteiger partial charge on any atom is -0.478 e. The van der Waals surface area contributed by atoms with Crippen LogP contribution in [0.25, 0.3) is 0 Å². The summed E-state index contributed by atoms with van der Waals surface area (Å²) in [4.78, 5) is 23.6. The van der Waals surface area contributed by atoms with Gasteiger partial charge in [-0.15, -0.1) is 0 Å². The Morgan fingerprint density at radius 2 is 1.68 bits per heavy atom. The Kier molecular flexibility index (Phi) is 3.92. The first-order valence-electron chi connectivity index (χ1n) is 7.28. The zero-order chi connectivity index (χ0) is 15.5. The monoisotopic (exact) mass is 296 g/mol. The molecule has 1 aliphatic rings. The first-order chi connectivity index (χ1) is 10.7. The summed E-state index contributed by atoms with van der Waals surface area (Å²) >= 11 is 0. The number of carbonyl (C=O) groups is 2. The molecule has 0 bridgehead atoms. The summed E-state index contributed by atoms with van der Waals surface area (Å²) in [6.45, 7) is 0. The topological polar surface area (TPSA) is 63.6 Å². The second kappa shape index (κ2) is 6.02. The van der Waals surface area contributed by atoms with Gasteiger partial charge in [-0.1, -0.05) is 36.4 Å². The van der Waals surface area contributed by atoms with Gasteiger partial charge < -0.3 is 9.84 Å². The van der Waals surface area contributed by atoms with Crippen molar-refractivity contribution in [1.82, 2.24) is 0 Å². The standard InChI is InChI=1S/C18H16O4/c19-17(20)14-9-3-4-10-15(14)18(21)22-16-11-5-7-12-6-1-2-8-13(12)16/h1-4,6,8-10,16H,5,7,11H2,(H,19,20)/t16-/m1/s1. The normalized spacial score (nSPS) is 16.6. The van der Waals surface area contributed by atoms with E-state index in [9.17, 15) is 14.7 Å². The molecule has 1 atom stereocenters. The van der Waals surface area contributed by atoms with E-state index >= 15 is 0 Å². The molecule has 0 aromatic heterocycles. The fraction of sp³-hybridized carbons (Fsp3) is 0.222. The number of ether oxygens (including phenoxy) is 1. The van der Waals surface area contributed by atoms with E-state index in [0.29, 0.717) is 0 Å². The summed E-state index contributed by atoms with van der Waals surface area (Å²) in [6.07, 6.45) is 2.39. The van der Waals surface area contributed by atoms with Crippen molar-refractivity contribution in [3.05, 3.63) is 70.8 Å². The lowest BCUT2D eigenvalue weighted by molar-refractivity contribution is 0.0251. The zero-order valence-electron chi connectivity index (χ0n) is 12.0. The third kappa shape index (κ3) is 2.72. The summed E-state index contributed by atoms with van der Waals surface area (Å²) < 4.78 is 5.59. The highest BCUT2D eigenvalue weighted by Crippen LogP contribution is 2.33. The van der Waals surface area contributed by atoms with Crippen molar-refractivity contribution in [2.24, 2.45) is 0 Å². The lowest BCUT2D eigenvalue weighted by Gasteiger charge is -2.25. The van der Waals surface area contributed by atoms with Crippen molar-refractivity contribution in [2.75, 3.05) is 0 Å². The van der Waals surface area contributed by atoms with Crippen molar-refractivity contribution >= 4 is 11.9 Å². The molecule has 0 spiro atoms. The average molecular weight is 296 g/mol. The molecule has 1 aliphatic carbocycles. The number of fused-ring (bicyclic) bond motifs is 1. The second-order valence-corrected chi connectivity index (χ2v) is 5.34. The number of esters is 1. The van der Waals surface area contributed by atoms with Gasteiger partial charge in [0.15, 0.2) is 0 Å². The van der Waals surface area contributed by atoms with Crippen LogP contribution in [-0.2, 0) is 11.2 Å². The van der Waals surface area contributed by atoms with E-state index in [4.69, 9.17) is 4.74 Å². The van der Waals surface area contributed by atoms with Crippen LogP contribution in [0, 0.1) is 0 Å². The molecule has 2 aromatic rings. The van der Waals surface area contributed by atoms with Crippen LogP contribution < -0.4 is 0 Å². The molecule has 1 N–H and O–H groups in total. The second-order valence-electron chi connectivity index (χ2n) is 5.34. The van der Waals surface area contributed by atoms with E-state index in [1.54, 1.807) is 12.1 Å². The molecule has 112 valence electrons. The maximum atomic E-state index is 12.4. The molecule has 0 unspecified atom stereocenters. The maximum absolute atomic E-state index is 12.4. The van der Waals surface area contributed by atoms with Gasteiger partial charge in [-0.25, -0.2) is 9.59 Å². The van der Waals surface area contributed by atoms with Crippen molar-refractivity contribution in [2.45, 2.75) is 25.4 Å². The number of aromatic carboxylic acids is 1. The molecule has 2 aromatic carbocycles. The van der Waals surface area contributed by atoms with E-state index in [1.165, 1.54) is 17.7 Å². The zero-order valence-corrected chi connectivity index (χ0v) is 12.0. The van der Waals surface area contributed by atoms with E-state index < -0.39 is 11.9 Å². The summed E-state index contributed by atoms with van der Waals surface area (Å²) in [6, 6.07) is 14.0. The van der Waals surface area contributed by atoms with Crippen LogP contribution >= 0.6 is 0 Å². The molecule has 0 heterocycles. The summed E-state index contributed by atoms with van der Waals surface area (Å²) in [7, 11) is 0. The van der Waals surface area contributed by atoms with E-state index in [-0.39, 0.29) is 17.2 Å². The van der Waals surface area contributed by atoms with Gasteiger partial charge in [-0.2, -0.15) is 0 Å². The molecule has 0 fully saturated rings. The summed E-state index contributed by atoms with van der Waals surface area (Å²) in [5.41, 5.74) is 2.28.